The largest absolute Gasteiger partial charge is 0.387 e. The number of hydrogen-bond acceptors (Lipinski definition) is 3. The summed E-state index contributed by atoms with van der Waals surface area (Å²) in [7, 11) is 1.99. The number of aryl methyl sites for hydroxylation is 1. The summed E-state index contributed by atoms with van der Waals surface area (Å²) in [6.45, 7) is 3.77. The molecule has 0 saturated carbocycles. The number of guanidine groups is 1. The minimum atomic E-state index is -0.594. The van der Waals surface area contributed by atoms with Gasteiger partial charge in [-0.05, 0) is 36.2 Å². The Bertz CT molecular complexity index is 600. The van der Waals surface area contributed by atoms with Crippen LogP contribution >= 0.6 is 24.0 Å². The molecule has 0 fully saturated rings. The fourth-order valence-electron chi connectivity index (χ4n) is 2.06. The van der Waals surface area contributed by atoms with Crippen LogP contribution in [0.5, 0.6) is 0 Å². The van der Waals surface area contributed by atoms with Gasteiger partial charge in [-0.1, -0.05) is 0 Å². The van der Waals surface area contributed by atoms with Crippen molar-refractivity contribution in [3.63, 3.8) is 0 Å². The molecular weight excluding hydrogens is 405 g/mol. The number of nitrogens with one attached hydrogen (secondary N) is 2. The number of pyridine rings is 1. The number of aliphatic imine (C=N–C) groups is 1. The second-order valence-corrected chi connectivity index (χ2v) is 5.06. The molecule has 126 valence electrons. The summed E-state index contributed by atoms with van der Waals surface area (Å²) in [5, 5.41) is 16.5. The van der Waals surface area contributed by atoms with Crippen molar-refractivity contribution in [3.05, 3.63) is 54.1 Å². The molecular formula is C16H24IN5O. The molecule has 1 atom stereocenters. The summed E-state index contributed by atoms with van der Waals surface area (Å²) in [4.78, 5) is 8.47. The molecule has 0 spiro atoms. The lowest BCUT2D eigenvalue weighted by molar-refractivity contribution is 0.180. The Hall–Kier alpha value is -1.61. The van der Waals surface area contributed by atoms with Gasteiger partial charge in [0.25, 0.3) is 0 Å². The normalized spacial score (nSPS) is 12.4. The molecule has 0 aromatic carbocycles. The van der Waals surface area contributed by atoms with Crippen molar-refractivity contribution in [3.8, 4) is 0 Å². The molecule has 6 nitrogen and oxygen atoms in total. The third-order valence-corrected chi connectivity index (χ3v) is 3.21. The first-order chi connectivity index (χ1) is 10.7. The third kappa shape index (κ3) is 6.57. The summed E-state index contributed by atoms with van der Waals surface area (Å²) < 4.78 is 2.00. The van der Waals surface area contributed by atoms with E-state index >= 15 is 0 Å². The van der Waals surface area contributed by atoms with Crippen LogP contribution in [-0.4, -0.2) is 33.7 Å². The second-order valence-electron chi connectivity index (χ2n) is 5.06. The number of aliphatic hydroxyl groups excluding tert-OH is 1. The van der Waals surface area contributed by atoms with E-state index in [4.69, 9.17) is 0 Å². The maximum atomic E-state index is 10.1. The van der Waals surface area contributed by atoms with Crippen LogP contribution in [0, 0.1) is 0 Å². The zero-order valence-electron chi connectivity index (χ0n) is 13.4. The fraction of sp³-hybridized carbons (Fsp3) is 0.375. The lowest BCUT2D eigenvalue weighted by Gasteiger charge is -2.15. The molecule has 3 N–H and O–H groups in total. The van der Waals surface area contributed by atoms with Crippen LogP contribution in [0.2, 0.25) is 0 Å². The molecule has 2 heterocycles. The van der Waals surface area contributed by atoms with Crippen LogP contribution < -0.4 is 10.6 Å². The topological polar surface area (TPSA) is 74.5 Å². The Balaban J connectivity index is 0.00000264. The molecule has 0 aliphatic carbocycles. The Labute approximate surface area is 154 Å². The van der Waals surface area contributed by atoms with Gasteiger partial charge in [0, 0.05) is 44.9 Å². The monoisotopic (exact) mass is 429 g/mol. The fourth-order valence-corrected chi connectivity index (χ4v) is 2.06. The van der Waals surface area contributed by atoms with Crippen LogP contribution in [0.1, 0.15) is 24.2 Å². The van der Waals surface area contributed by atoms with Gasteiger partial charge in [0.05, 0.1) is 12.6 Å². The van der Waals surface area contributed by atoms with Gasteiger partial charge in [-0.25, -0.2) is 4.99 Å². The standard InChI is InChI=1S/C16H23N5O.HI/c1-3-18-16(19-10-13-6-9-21(2)12-13)20-11-15(22)14-4-7-17-8-5-14;/h4-9,12,15,22H,3,10-11H2,1-2H3,(H2,18,19,20);1H. The van der Waals surface area contributed by atoms with E-state index in [0.29, 0.717) is 19.0 Å². The molecule has 0 saturated heterocycles. The number of hydrogen-bond donors (Lipinski definition) is 3. The van der Waals surface area contributed by atoms with Crippen molar-refractivity contribution in [2.75, 3.05) is 13.1 Å². The molecule has 0 aliphatic heterocycles. The molecule has 0 amide bonds. The predicted octanol–water partition coefficient (Wildman–Crippen LogP) is 1.83. The van der Waals surface area contributed by atoms with E-state index in [1.54, 1.807) is 24.5 Å². The van der Waals surface area contributed by atoms with E-state index in [0.717, 1.165) is 17.7 Å². The SMILES string of the molecule is CCNC(=NCc1ccn(C)c1)NCC(O)c1ccncc1.I. The highest BCUT2D eigenvalue weighted by molar-refractivity contribution is 14.0. The third-order valence-electron chi connectivity index (χ3n) is 3.21. The van der Waals surface area contributed by atoms with Gasteiger partial charge in [0.1, 0.15) is 0 Å². The summed E-state index contributed by atoms with van der Waals surface area (Å²) in [5.41, 5.74) is 1.98. The van der Waals surface area contributed by atoms with E-state index < -0.39 is 6.10 Å². The minimum absolute atomic E-state index is 0. The van der Waals surface area contributed by atoms with Crippen molar-refractivity contribution in [1.82, 2.24) is 20.2 Å². The number of aromatic nitrogens is 2. The second kappa shape index (κ2) is 10.2. The van der Waals surface area contributed by atoms with E-state index in [-0.39, 0.29) is 24.0 Å². The van der Waals surface area contributed by atoms with Crippen molar-refractivity contribution >= 4 is 29.9 Å². The van der Waals surface area contributed by atoms with Crippen molar-refractivity contribution in [1.29, 1.82) is 0 Å². The van der Waals surface area contributed by atoms with Gasteiger partial charge in [0.15, 0.2) is 5.96 Å². The smallest absolute Gasteiger partial charge is 0.191 e. The van der Waals surface area contributed by atoms with Crippen molar-refractivity contribution < 1.29 is 5.11 Å². The predicted molar refractivity (Wildman–Crippen MR) is 103 cm³/mol. The molecule has 0 bridgehead atoms. The summed E-state index contributed by atoms with van der Waals surface area (Å²) in [6.07, 6.45) is 6.79. The van der Waals surface area contributed by atoms with E-state index in [1.165, 1.54) is 0 Å². The van der Waals surface area contributed by atoms with Gasteiger partial charge >= 0.3 is 0 Å². The maximum Gasteiger partial charge on any atom is 0.191 e. The molecule has 0 radical (unpaired) electrons. The van der Waals surface area contributed by atoms with E-state index in [9.17, 15) is 5.11 Å². The van der Waals surface area contributed by atoms with Gasteiger partial charge in [-0.3, -0.25) is 4.98 Å². The number of nitrogens with zero attached hydrogens (tertiary/aromatic N) is 3. The van der Waals surface area contributed by atoms with Crippen molar-refractivity contribution in [2.24, 2.45) is 12.0 Å². The molecule has 23 heavy (non-hydrogen) atoms. The number of aliphatic hydroxyl groups is 1. The van der Waals surface area contributed by atoms with Crippen LogP contribution in [0.4, 0.5) is 0 Å². The Morgan fingerprint density at radius 2 is 2.04 bits per heavy atom. The van der Waals surface area contributed by atoms with Gasteiger partial charge < -0.3 is 20.3 Å². The Kier molecular flexibility index (Phi) is 8.64. The number of halogens is 1. The molecule has 2 aromatic rings. The Morgan fingerprint density at radius 3 is 2.65 bits per heavy atom. The Morgan fingerprint density at radius 1 is 1.30 bits per heavy atom. The molecule has 1 unspecified atom stereocenters. The van der Waals surface area contributed by atoms with Gasteiger partial charge in [0.2, 0.25) is 0 Å². The molecule has 2 aromatic heterocycles. The highest BCUT2D eigenvalue weighted by Gasteiger charge is 2.08. The minimum Gasteiger partial charge on any atom is -0.387 e. The van der Waals surface area contributed by atoms with Gasteiger partial charge in [-0.15, -0.1) is 24.0 Å². The summed E-state index contributed by atoms with van der Waals surface area (Å²) in [5.74, 6) is 0.694. The molecule has 7 heteroatoms. The van der Waals surface area contributed by atoms with Gasteiger partial charge in [-0.2, -0.15) is 0 Å². The van der Waals surface area contributed by atoms with Crippen LogP contribution in [0.25, 0.3) is 0 Å². The van der Waals surface area contributed by atoms with Crippen LogP contribution in [0.3, 0.4) is 0 Å². The molecule has 0 aliphatic rings. The lowest BCUT2D eigenvalue weighted by Crippen LogP contribution is -2.39. The molecule has 2 rings (SSSR count). The summed E-state index contributed by atoms with van der Waals surface area (Å²) >= 11 is 0. The first kappa shape index (κ1) is 19.4. The summed E-state index contributed by atoms with van der Waals surface area (Å²) in [6, 6.07) is 5.65. The first-order valence-electron chi connectivity index (χ1n) is 7.40. The first-order valence-corrected chi connectivity index (χ1v) is 7.40. The zero-order chi connectivity index (χ0) is 15.8. The maximum absolute atomic E-state index is 10.1. The highest BCUT2D eigenvalue weighted by Crippen LogP contribution is 2.09. The van der Waals surface area contributed by atoms with Crippen molar-refractivity contribution in [2.45, 2.75) is 19.6 Å². The highest BCUT2D eigenvalue weighted by atomic mass is 127. The van der Waals surface area contributed by atoms with Crippen LogP contribution in [-0.2, 0) is 13.6 Å². The quantitative estimate of drug-likeness (QED) is 0.372. The van der Waals surface area contributed by atoms with Crippen LogP contribution in [0.15, 0.2) is 48.0 Å². The average molecular weight is 429 g/mol. The van der Waals surface area contributed by atoms with E-state index in [2.05, 4.69) is 20.6 Å². The lowest BCUT2D eigenvalue weighted by atomic mass is 10.1. The zero-order valence-corrected chi connectivity index (χ0v) is 15.8. The average Bonchev–Trinajstić information content (AvgIpc) is 2.96. The van der Waals surface area contributed by atoms with E-state index in [1.807, 2.05) is 37.0 Å². The number of rotatable bonds is 6.